The average molecular weight is 370 g/mol. The third-order valence-electron chi connectivity index (χ3n) is 4.10. The highest BCUT2D eigenvalue weighted by molar-refractivity contribution is 5.84. The van der Waals surface area contributed by atoms with Crippen LogP contribution in [0.4, 0.5) is 0 Å². The van der Waals surface area contributed by atoms with Gasteiger partial charge in [0.2, 0.25) is 5.91 Å². The molecule has 6 heteroatoms. The summed E-state index contributed by atoms with van der Waals surface area (Å²) in [5.74, 6) is 1.53. The van der Waals surface area contributed by atoms with E-state index in [0.717, 1.165) is 25.1 Å². The van der Waals surface area contributed by atoms with E-state index in [2.05, 4.69) is 47.7 Å². The van der Waals surface area contributed by atoms with Gasteiger partial charge in [0.15, 0.2) is 5.96 Å². The molecule has 1 heterocycles. The number of benzene rings is 1. The van der Waals surface area contributed by atoms with Gasteiger partial charge in [0.05, 0.1) is 6.26 Å². The number of guanidine groups is 1. The highest BCUT2D eigenvalue weighted by Crippen LogP contribution is 2.09. The van der Waals surface area contributed by atoms with E-state index < -0.39 is 0 Å². The van der Waals surface area contributed by atoms with Crippen LogP contribution in [0.2, 0.25) is 0 Å². The normalized spacial score (nSPS) is 11.3. The number of furan rings is 1. The van der Waals surface area contributed by atoms with Gasteiger partial charge < -0.3 is 20.0 Å². The van der Waals surface area contributed by atoms with Crippen molar-refractivity contribution in [1.29, 1.82) is 0 Å². The molecule has 0 aliphatic rings. The maximum atomic E-state index is 11.8. The van der Waals surface area contributed by atoms with Crippen LogP contribution < -0.4 is 10.6 Å². The van der Waals surface area contributed by atoms with E-state index in [1.807, 2.05) is 12.1 Å². The minimum absolute atomic E-state index is 0.0311. The summed E-state index contributed by atoms with van der Waals surface area (Å²) in [5.41, 5.74) is 3.83. The van der Waals surface area contributed by atoms with Crippen LogP contribution in [0.5, 0.6) is 0 Å². The molecule has 146 valence electrons. The molecule has 0 unspecified atom stereocenters. The number of aliphatic imine (C=N–C) groups is 1. The minimum Gasteiger partial charge on any atom is -0.469 e. The molecule has 1 aromatic heterocycles. The Morgan fingerprint density at radius 1 is 1.07 bits per heavy atom. The number of likely N-dealkylation sites (N-methyl/N-ethyl adjacent to an activating group) is 1. The summed E-state index contributed by atoms with van der Waals surface area (Å²) in [6, 6.07) is 10.4. The van der Waals surface area contributed by atoms with E-state index in [9.17, 15) is 4.79 Å². The van der Waals surface area contributed by atoms with Crippen LogP contribution in [-0.4, -0.2) is 50.5 Å². The summed E-state index contributed by atoms with van der Waals surface area (Å²) in [6.45, 7) is 5.76. The van der Waals surface area contributed by atoms with Gasteiger partial charge in [-0.2, -0.15) is 0 Å². The number of amides is 1. The lowest BCUT2D eigenvalue weighted by atomic mass is 10.1. The lowest BCUT2D eigenvalue weighted by Gasteiger charge is -2.14. The second-order valence-electron chi connectivity index (χ2n) is 6.88. The fraction of sp³-hybridized carbons (Fsp3) is 0.429. The van der Waals surface area contributed by atoms with Crippen LogP contribution in [0.25, 0.3) is 0 Å². The summed E-state index contributed by atoms with van der Waals surface area (Å²) >= 11 is 0. The van der Waals surface area contributed by atoms with Crippen molar-refractivity contribution < 1.29 is 9.21 Å². The number of nitrogens with zero attached hydrogens (tertiary/aromatic N) is 2. The highest BCUT2D eigenvalue weighted by atomic mass is 16.3. The Morgan fingerprint density at radius 3 is 2.33 bits per heavy atom. The summed E-state index contributed by atoms with van der Waals surface area (Å²) < 4.78 is 5.35. The molecular weight excluding hydrogens is 340 g/mol. The van der Waals surface area contributed by atoms with Crippen molar-refractivity contribution in [2.45, 2.75) is 26.7 Å². The van der Waals surface area contributed by atoms with Crippen molar-refractivity contribution in [3.63, 3.8) is 0 Å². The molecule has 2 rings (SSSR count). The zero-order valence-corrected chi connectivity index (χ0v) is 16.7. The lowest BCUT2D eigenvalue weighted by Crippen LogP contribution is -2.40. The molecule has 1 amide bonds. The lowest BCUT2D eigenvalue weighted by molar-refractivity contribution is -0.127. The minimum atomic E-state index is -0.0311. The molecule has 0 spiro atoms. The maximum Gasteiger partial charge on any atom is 0.243 e. The average Bonchev–Trinajstić information content (AvgIpc) is 3.11. The SMILES string of the molecule is Cc1cc(C)cc(CCNC(=NCC(=O)N(C)C)NCCc2ccco2)c1. The van der Waals surface area contributed by atoms with E-state index in [1.54, 1.807) is 25.3 Å². The second kappa shape index (κ2) is 10.4. The van der Waals surface area contributed by atoms with Crippen molar-refractivity contribution in [2.24, 2.45) is 4.99 Å². The summed E-state index contributed by atoms with van der Waals surface area (Å²) in [4.78, 5) is 17.8. The third kappa shape index (κ3) is 7.56. The number of carbonyl (C=O) groups is 1. The van der Waals surface area contributed by atoms with E-state index in [1.165, 1.54) is 16.7 Å². The van der Waals surface area contributed by atoms with E-state index in [-0.39, 0.29) is 12.5 Å². The first kappa shape index (κ1) is 20.6. The standard InChI is InChI=1S/C21H30N4O2/c1-16-12-17(2)14-18(13-16)7-9-22-21(24-15-20(26)25(3)4)23-10-8-19-6-5-11-27-19/h5-6,11-14H,7-10,15H2,1-4H3,(H2,22,23,24). The molecule has 2 aromatic rings. The van der Waals surface area contributed by atoms with Crippen molar-refractivity contribution in [3.05, 3.63) is 59.0 Å². The van der Waals surface area contributed by atoms with Crippen molar-refractivity contribution >= 4 is 11.9 Å². The van der Waals surface area contributed by atoms with Crippen LogP contribution >= 0.6 is 0 Å². The number of rotatable bonds is 8. The number of carbonyl (C=O) groups excluding carboxylic acids is 1. The topological polar surface area (TPSA) is 69.9 Å². The zero-order valence-electron chi connectivity index (χ0n) is 16.7. The third-order valence-corrected chi connectivity index (χ3v) is 4.10. The molecular formula is C21H30N4O2. The molecule has 27 heavy (non-hydrogen) atoms. The number of hydrogen-bond donors (Lipinski definition) is 2. The predicted octanol–water partition coefficient (Wildman–Crippen LogP) is 2.31. The van der Waals surface area contributed by atoms with E-state index >= 15 is 0 Å². The van der Waals surface area contributed by atoms with Gasteiger partial charge in [-0.3, -0.25) is 4.79 Å². The first-order chi connectivity index (χ1) is 12.9. The Balaban J connectivity index is 1.89. The van der Waals surface area contributed by atoms with Crippen LogP contribution in [-0.2, 0) is 17.6 Å². The first-order valence-electron chi connectivity index (χ1n) is 9.26. The van der Waals surface area contributed by atoms with Gasteiger partial charge in [-0.1, -0.05) is 29.3 Å². The Kier molecular flexibility index (Phi) is 7.92. The molecule has 0 bridgehead atoms. The fourth-order valence-corrected chi connectivity index (χ4v) is 2.76. The quantitative estimate of drug-likeness (QED) is 0.553. The van der Waals surface area contributed by atoms with Crippen molar-refractivity contribution in [3.8, 4) is 0 Å². The summed E-state index contributed by atoms with van der Waals surface area (Å²) in [5, 5.41) is 6.59. The number of aryl methyl sites for hydroxylation is 2. The Bertz CT molecular complexity index is 731. The number of nitrogens with one attached hydrogen (secondary N) is 2. The zero-order chi connectivity index (χ0) is 19.6. The van der Waals surface area contributed by atoms with Gasteiger partial charge in [0, 0.05) is 33.6 Å². The van der Waals surface area contributed by atoms with Crippen LogP contribution in [0, 0.1) is 13.8 Å². The largest absolute Gasteiger partial charge is 0.469 e. The second-order valence-corrected chi connectivity index (χ2v) is 6.88. The van der Waals surface area contributed by atoms with Gasteiger partial charge in [-0.25, -0.2) is 4.99 Å². The van der Waals surface area contributed by atoms with Gasteiger partial charge >= 0.3 is 0 Å². The summed E-state index contributed by atoms with van der Waals surface area (Å²) in [6.07, 6.45) is 3.32. The summed E-state index contributed by atoms with van der Waals surface area (Å²) in [7, 11) is 3.46. The highest BCUT2D eigenvalue weighted by Gasteiger charge is 2.05. The molecule has 0 saturated heterocycles. The molecule has 0 aliphatic heterocycles. The van der Waals surface area contributed by atoms with E-state index in [0.29, 0.717) is 12.5 Å². The van der Waals surface area contributed by atoms with Crippen molar-refractivity contribution in [1.82, 2.24) is 15.5 Å². The molecule has 0 radical (unpaired) electrons. The molecule has 0 saturated carbocycles. The molecule has 1 aromatic carbocycles. The van der Waals surface area contributed by atoms with Crippen LogP contribution in [0.15, 0.2) is 46.0 Å². The van der Waals surface area contributed by atoms with Gasteiger partial charge in [0.25, 0.3) is 0 Å². The monoisotopic (exact) mass is 370 g/mol. The van der Waals surface area contributed by atoms with E-state index in [4.69, 9.17) is 4.42 Å². The maximum absolute atomic E-state index is 11.8. The smallest absolute Gasteiger partial charge is 0.243 e. The Hall–Kier alpha value is -2.76. The van der Waals surface area contributed by atoms with Crippen LogP contribution in [0.1, 0.15) is 22.5 Å². The van der Waals surface area contributed by atoms with Crippen molar-refractivity contribution in [2.75, 3.05) is 33.7 Å². The predicted molar refractivity (Wildman–Crippen MR) is 109 cm³/mol. The van der Waals surface area contributed by atoms with Crippen LogP contribution in [0.3, 0.4) is 0 Å². The fourth-order valence-electron chi connectivity index (χ4n) is 2.76. The van der Waals surface area contributed by atoms with Gasteiger partial charge in [-0.15, -0.1) is 0 Å². The molecule has 2 N–H and O–H groups in total. The molecule has 0 atom stereocenters. The molecule has 0 aliphatic carbocycles. The molecule has 0 fully saturated rings. The van der Waals surface area contributed by atoms with Gasteiger partial charge in [-0.05, 0) is 38.0 Å². The molecule has 6 nitrogen and oxygen atoms in total. The first-order valence-corrected chi connectivity index (χ1v) is 9.26. The Labute approximate surface area is 161 Å². The number of hydrogen-bond acceptors (Lipinski definition) is 3. The van der Waals surface area contributed by atoms with Gasteiger partial charge in [0.1, 0.15) is 12.3 Å². The Morgan fingerprint density at radius 2 is 1.74 bits per heavy atom.